The molecule has 3 aromatic rings. The van der Waals surface area contributed by atoms with E-state index in [-0.39, 0.29) is 0 Å². The fourth-order valence-corrected chi connectivity index (χ4v) is 7.29. The van der Waals surface area contributed by atoms with Crippen LogP contribution in [0, 0.1) is 11.3 Å². The topological polar surface area (TPSA) is 120 Å². The van der Waals surface area contributed by atoms with Gasteiger partial charge in [-0.3, -0.25) is 0 Å². The van der Waals surface area contributed by atoms with E-state index in [0.717, 1.165) is 93.3 Å². The number of thiophene rings is 1. The van der Waals surface area contributed by atoms with Crippen molar-refractivity contribution in [2.75, 3.05) is 56.9 Å². The van der Waals surface area contributed by atoms with Crippen LogP contribution in [0.25, 0.3) is 11.5 Å². The maximum Gasteiger partial charge on any atom is 0.237 e. The van der Waals surface area contributed by atoms with Crippen molar-refractivity contribution in [3.05, 3.63) is 39.6 Å². The number of nitrogens with zero attached hydrogens (tertiary/aromatic N) is 6. The van der Waals surface area contributed by atoms with E-state index >= 15 is 0 Å². The van der Waals surface area contributed by atoms with E-state index in [2.05, 4.69) is 52.4 Å². The second-order valence-electron chi connectivity index (χ2n) is 10.8. The predicted octanol–water partition coefficient (Wildman–Crippen LogP) is 3.51. The molecule has 3 aliphatic rings. The van der Waals surface area contributed by atoms with Crippen LogP contribution in [0.3, 0.4) is 0 Å². The fraction of sp³-hybridized carbons (Fsp3) is 0.556. The van der Waals surface area contributed by atoms with Crippen molar-refractivity contribution in [3.63, 3.8) is 0 Å². The van der Waals surface area contributed by atoms with Crippen molar-refractivity contribution in [2.24, 2.45) is 0 Å². The van der Waals surface area contributed by atoms with Crippen molar-refractivity contribution in [1.82, 2.24) is 25.3 Å². The molecule has 0 saturated carbocycles. The highest BCUT2D eigenvalue weighted by atomic mass is 32.1. The molecule has 1 atom stereocenters. The van der Waals surface area contributed by atoms with Crippen LogP contribution in [0.4, 0.5) is 10.8 Å². The summed E-state index contributed by atoms with van der Waals surface area (Å²) in [6, 6.07) is 6.75. The second kappa shape index (κ2) is 9.71. The predicted molar refractivity (Wildman–Crippen MR) is 145 cm³/mol. The summed E-state index contributed by atoms with van der Waals surface area (Å²) in [6.07, 6.45) is 4.97. The zero-order chi connectivity index (χ0) is 25.6. The number of pyridine rings is 1. The summed E-state index contributed by atoms with van der Waals surface area (Å²) in [4.78, 5) is 15.8. The Kier molecular flexibility index (Phi) is 6.39. The van der Waals surface area contributed by atoms with E-state index in [1.54, 1.807) is 0 Å². The first kappa shape index (κ1) is 24.3. The van der Waals surface area contributed by atoms with E-state index in [1.807, 2.05) is 0 Å². The Labute approximate surface area is 221 Å². The van der Waals surface area contributed by atoms with E-state index in [1.165, 1.54) is 16.9 Å². The van der Waals surface area contributed by atoms with Crippen LogP contribution in [0.5, 0.6) is 0 Å². The number of rotatable bonds is 4. The molecule has 194 valence electrons. The lowest BCUT2D eigenvalue weighted by Crippen LogP contribution is -2.44. The number of nitrogens with one attached hydrogen (secondary N) is 1. The molecule has 37 heavy (non-hydrogen) atoms. The molecule has 2 aliphatic heterocycles. The van der Waals surface area contributed by atoms with Gasteiger partial charge in [0.1, 0.15) is 22.6 Å². The first-order chi connectivity index (χ1) is 18.0. The number of nitriles is 1. The summed E-state index contributed by atoms with van der Waals surface area (Å²) in [6.45, 7) is 8.11. The van der Waals surface area contributed by atoms with Gasteiger partial charge in [-0.15, -0.1) is 11.3 Å². The molecule has 0 aromatic carbocycles. The summed E-state index contributed by atoms with van der Waals surface area (Å²) in [5.74, 6) is 2.53. The smallest absolute Gasteiger partial charge is 0.237 e. The highest BCUT2D eigenvalue weighted by Crippen LogP contribution is 2.48. The van der Waals surface area contributed by atoms with Gasteiger partial charge in [-0.25, -0.2) is 4.98 Å². The number of likely N-dealkylation sites (N-methyl/N-ethyl adjacent to an activating group) is 1. The molecule has 2 saturated heterocycles. The summed E-state index contributed by atoms with van der Waals surface area (Å²) in [5.41, 5.74) is 9.26. The molecular formula is C27H34N8OS. The third-order valence-corrected chi connectivity index (χ3v) is 9.43. The average molecular weight is 519 g/mol. The van der Waals surface area contributed by atoms with Gasteiger partial charge in [0.2, 0.25) is 11.7 Å². The average Bonchev–Trinajstić information content (AvgIpc) is 3.55. The van der Waals surface area contributed by atoms with Crippen molar-refractivity contribution in [3.8, 4) is 17.6 Å². The quantitative estimate of drug-likeness (QED) is 0.534. The number of piperazine rings is 1. The maximum absolute atomic E-state index is 9.84. The van der Waals surface area contributed by atoms with Gasteiger partial charge >= 0.3 is 0 Å². The van der Waals surface area contributed by atoms with Gasteiger partial charge < -0.3 is 25.4 Å². The zero-order valence-corrected chi connectivity index (χ0v) is 22.4. The molecule has 0 radical (unpaired) electrons. The molecule has 9 nitrogen and oxygen atoms in total. The molecule has 10 heteroatoms. The monoisotopic (exact) mass is 518 g/mol. The van der Waals surface area contributed by atoms with Crippen LogP contribution >= 0.6 is 11.3 Å². The number of aromatic nitrogens is 3. The molecule has 5 heterocycles. The number of piperidine rings is 1. The Morgan fingerprint density at radius 2 is 1.97 bits per heavy atom. The molecule has 3 aromatic heterocycles. The van der Waals surface area contributed by atoms with Crippen LogP contribution in [0.15, 0.2) is 16.7 Å². The maximum atomic E-state index is 9.84. The standard InChI is InChI=1S/C27H34N8OS/c1-27(7-3-4-21-23(27)19(16-28)24(29)37-21)26-32-25(33-36-26)20-14-18(17-5-8-30-9-6-17)15-22(31-20)35-12-10-34(2)11-13-35/h14-15,17,30H,3-13,29H2,1-2H3. The molecule has 3 N–H and O–H groups in total. The molecule has 1 aliphatic carbocycles. The fourth-order valence-electron chi connectivity index (χ4n) is 6.10. The number of fused-ring (bicyclic) bond motifs is 1. The number of aryl methyl sites for hydroxylation is 1. The Bertz CT molecular complexity index is 1330. The Balaban J connectivity index is 1.39. The van der Waals surface area contributed by atoms with Gasteiger partial charge in [0.05, 0.1) is 11.0 Å². The largest absolute Gasteiger partial charge is 0.389 e. The number of hydrogen-bond acceptors (Lipinski definition) is 10. The van der Waals surface area contributed by atoms with Crippen LogP contribution in [0.1, 0.15) is 66.0 Å². The molecule has 6 rings (SSSR count). The lowest BCUT2D eigenvalue weighted by molar-refractivity contribution is 0.300. The third kappa shape index (κ3) is 4.39. The Hall–Kier alpha value is -3.00. The van der Waals surface area contributed by atoms with Crippen LogP contribution in [-0.4, -0.2) is 66.3 Å². The summed E-state index contributed by atoms with van der Waals surface area (Å²) in [7, 11) is 2.17. The van der Waals surface area contributed by atoms with Gasteiger partial charge in [-0.1, -0.05) is 5.16 Å². The first-order valence-electron chi connectivity index (χ1n) is 13.3. The zero-order valence-electron chi connectivity index (χ0n) is 21.6. The van der Waals surface area contributed by atoms with E-state index in [0.29, 0.717) is 28.2 Å². The van der Waals surface area contributed by atoms with Gasteiger partial charge in [-0.05, 0) is 82.8 Å². The second-order valence-corrected chi connectivity index (χ2v) is 12.0. The van der Waals surface area contributed by atoms with Crippen LogP contribution in [-0.2, 0) is 11.8 Å². The molecule has 0 bridgehead atoms. The lowest BCUT2D eigenvalue weighted by atomic mass is 9.72. The summed E-state index contributed by atoms with van der Waals surface area (Å²) >= 11 is 1.52. The van der Waals surface area contributed by atoms with E-state index < -0.39 is 5.41 Å². The molecule has 0 spiro atoms. The molecule has 1 unspecified atom stereocenters. The van der Waals surface area contributed by atoms with Gasteiger partial charge in [-0.2, -0.15) is 10.2 Å². The number of hydrogen-bond donors (Lipinski definition) is 2. The minimum Gasteiger partial charge on any atom is -0.389 e. The van der Waals surface area contributed by atoms with Crippen molar-refractivity contribution < 1.29 is 4.52 Å². The van der Waals surface area contributed by atoms with Crippen LogP contribution < -0.4 is 16.0 Å². The SMILES string of the molecule is CN1CCN(c2cc(C3CCNCC3)cc(-c3noc(C4(C)CCCc5sc(N)c(C#N)c54)n3)n2)CC1. The summed E-state index contributed by atoms with van der Waals surface area (Å²) in [5, 5.41) is 18.3. The highest BCUT2D eigenvalue weighted by molar-refractivity contribution is 7.16. The van der Waals surface area contributed by atoms with E-state index in [9.17, 15) is 5.26 Å². The first-order valence-corrected chi connectivity index (χ1v) is 14.1. The normalized spacial score (nSPS) is 23.1. The van der Waals surface area contributed by atoms with Crippen LogP contribution in [0.2, 0.25) is 0 Å². The molecule has 2 fully saturated rings. The number of anilines is 2. The number of nitrogen functional groups attached to an aromatic ring is 1. The van der Waals surface area contributed by atoms with E-state index in [4.69, 9.17) is 20.2 Å². The number of nitrogens with two attached hydrogens (primary N) is 1. The van der Waals surface area contributed by atoms with Gasteiger partial charge in [0.15, 0.2) is 0 Å². The Morgan fingerprint density at radius 3 is 2.73 bits per heavy atom. The van der Waals surface area contributed by atoms with Gasteiger partial charge in [0, 0.05) is 36.6 Å². The van der Waals surface area contributed by atoms with Gasteiger partial charge in [0.25, 0.3) is 0 Å². The van der Waals surface area contributed by atoms with Crippen molar-refractivity contribution in [1.29, 1.82) is 5.26 Å². The Morgan fingerprint density at radius 1 is 1.19 bits per heavy atom. The van der Waals surface area contributed by atoms with Crippen molar-refractivity contribution in [2.45, 2.75) is 50.4 Å². The van der Waals surface area contributed by atoms with Crippen molar-refractivity contribution >= 4 is 22.2 Å². The lowest BCUT2D eigenvalue weighted by Gasteiger charge is -2.34. The molecular weight excluding hydrogens is 484 g/mol. The highest BCUT2D eigenvalue weighted by Gasteiger charge is 2.43. The molecule has 0 amide bonds. The minimum absolute atomic E-state index is 0.492. The minimum atomic E-state index is -0.537. The summed E-state index contributed by atoms with van der Waals surface area (Å²) < 4.78 is 5.93. The third-order valence-electron chi connectivity index (χ3n) is 8.35.